The second-order valence-electron chi connectivity index (χ2n) is 4.08. The molecule has 0 saturated carbocycles. The molecule has 0 bridgehead atoms. The SMILES string of the molecule is COc1ccc(OCc2ccc(C(=O)O)c(Cl)c2)cc1. The van der Waals surface area contributed by atoms with Gasteiger partial charge in [0.2, 0.25) is 0 Å². The van der Waals surface area contributed by atoms with Crippen molar-refractivity contribution in [3.8, 4) is 11.5 Å². The molecule has 0 heterocycles. The van der Waals surface area contributed by atoms with Gasteiger partial charge in [-0.3, -0.25) is 0 Å². The summed E-state index contributed by atoms with van der Waals surface area (Å²) < 4.78 is 10.6. The highest BCUT2D eigenvalue weighted by atomic mass is 35.5. The first-order chi connectivity index (χ1) is 9.60. The fraction of sp³-hybridized carbons (Fsp3) is 0.133. The van der Waals surface area contributed by atoms with Crippen molar-refractivity contribution in [2.75, 3.05) is 7.11 Å². The molecule has 1 N–H and O–H groups in total. The summed E-state index contributed by atoms with van der Waals surface area (Å²) >= 11 is 5.89. The number of rotatable bonds is 5. The quantitative estimate of drug-likeness (QED) is 0.914. The number of carboxylic acids is 1. The average molecular weight is 293 g/mol. The van der Waals surface area contributed by atoms with E-state index in [9.17, 15) is 4.79 Å². The van der Waals surface area contributed by atoms with Gasteiger partial charge in [-0.1, -0.05) is 17.7 Å². The van der Waals surface area contributed by atoms with Gasteiger partial charge in [0, 0.05) is 0 Å². The van der Waals surface area contributed by atoms with Crippen molar-refractivity contribution in [1.82, 2.24) is 0 Å². The lowest BCUT2D eigenvalue weighted by Gasteiger charge is -2.08. The van der Waals surface area contributed by atoms with Crippen LogP contribution in [0.2, 0.25) is 5.02 Å². The maximum Gasteiger partial charge on any atom is 0.337 e. The van der Waals surface area contributed by atoms with E-state index in [4.69, 9.17) is 26.2 Å². The first-order valence-electron chi connectivity index (χ1n) is 5.88. The number of methoxy groups -OCH3 is 1. The van der Waals surface area contributed by atoms with Gasteiger partial charge in [-0.2, -0.15) is 0 Å². The lowest BCUT2D eigenvalue weighted by molar-refractivity contribution is 0.0697. The minimum Gasteiger partial charge on any atom is -0.497 e. The monoisotopic (exact) mass is 292 g/mol. The van der Waals surface area contributed by atoms with E-state index in [1.807, 2.05) is 0 Å². The molecule has 0 radical (unpaired) electrons. The van der Waals surface area contributed by atoms with Crippen molar-refractivity contribution in [3.05, 3.63) is 58.6 Å². The number of aromatic carboxylic acids is 1. The van der Waals surface area contributed by atoms with Crippen LogP contribution in [0.3, 0.4) is 0 Å². The molecule has 0 atom stereocenters. The second kappa shape index (κ2) is 6.30. The molecule has 0 aliphatic rings. The maximum atomic E-state index is 10.8. The average Bonchev–Trinajstić information content (AvgIpc) is 2.45. The Bertz CT molecular complexity index is 608. The van der Waals surface area contributed by atoms with Crippen LogP contribution in [0.5, 0.6) is 11.5 Å². The van der Waals surface area contributed by atoms with Crippen molar-refractivity contribution >= 4 is 17.6 Å². The Kier molecular flexibility index (Phi) is 4.48. The van der Waals surface area contributed by atoms with Gasteiger partial charge in [0.05, 0.1) is 17.7 Å². The number of hydrogen-bond acceptors (Lipinski definition) is 3. The number of carbonyl (C=O) groups is 1. The molecule has 0 aliphatic carbocycles. The predicted octanol–water partition coefficient (Wildman–Crippen LogP) is 3.63. The van der Waals surface area contributed by atoms with E-state index in [0.717, 1.165) is 11.3 Å². The summed E-state index contributed by atoms with van der Waals surface area (Å²) in [6.07, 6.45) is 0. The highest BCUT2D eigenvalue weighted by Gasteiger charge is 2.09. The summed E-state index contributed by atoms with van der Waals surface area (Å²) in [5.41, 5.74) is 0.885. The van der Waals surface area contributed by atoms with Gasteiger partial charge >= 0.3 is 5.97 Å². The van der Waals surface area contributed by atoms with E-state index in [0.29, 0.717) is 12.4 Å². The molecule has 0 aromatic heterocycles. The topological polar surface area (TPSA) is 55.8 Å². The van der Waals surface area contributed by atoms with Crippen molar-refractivity contribution in [1.29, 1.82) is 0 Å². The van der Waals surface area contributed by atoms with Crippen LogP contribution in [0.4, 0.5) is 0 Å². The van der Waals surface area contributed by atoms with Crippen molar-refractivity contribution in [2.24, 2.45) is 0 Å². The normalized spacial score (nSPS) is 10.1. The van der Waals surface area contributed by atoms with Crippen LogP contribution in [-0.2, 0) is 6.61 Å². The van der Waals surface area contributed by atoms with Gasteiger partial charge in [0.25, 0.3) is 0 Å². The molecule has 0 spiro atoms. The van der Waals surface area contributed by atoms with Gasteiger partial charge < -0.3 is 14.6 Å². The van der Waals surface area contributed by atoms with Crippen molar-refractivity contribution < 1.29 is 19.4 Å². The summed E-state index contributed by atoms with van der Waals surface area (Å²) in [4.78, 5) is 10.8. The summed E-state index contributed by atoms with van der Waals surface area (Å²) in [5, 5.41) is 9.09. The first-order valence-corrected chi connectivity index (χ1v) is 6.26. The van der Waals surface area contributed by atoms with Gasteiger partial charge in [-0.15, -0.1) is 0 Å². The Hall–Kier alpha value is -2.20. The zero-order chi connectivity index (χ0) is 14.5. The minimum absolute atomic E-state index is 0.0832. The highest BCUT2D eigenvalue weighted by Crippen LogP contribution is 2.21. The van der Waals surface area contributed by atoms with E-state index in [2.05, 4.69) is 0 Å². The molecule has 0 fully saturated rings. The van der Waals surface area contributed by atoms with Crippen LogP contribution in [0.15, 0.2) is 42.5 Å². The number of benzene rings is 2. The van der Waals surface area contributed by atoms with E-state index in [1.54, 1.807) is 43.5 Å². The predicted molar refractivity (Wildman–Crippen MR) is 75.7 cm³/mol. The molecule has 0 saturated heterocycles. The molecule has 5 heteroatoms. The van der Waals surface area contributed by atoms with Crippen molar-refractivity contribution in [2.45, 2.75) is 6.61 Å². The molecular weight excluding hydrogens is 280 g/mol. The molecule has 2 aromatic rings. The summed E-state index contributed by atoms with van der Waals surface area (Å²) in [6, 6.07) is 11.9. The van der Waals surface area contributed by atoms with Crippen LogP contribution < -0.4 is 9.47 Å². The Morgan fingerprint density at radius 1 is 1.15 bits per heavy atom. The van der Waals surface area contributed by atoms with E-state index in [1.165, 1.54) is 6.07 Å². The number of carboxylic acid groups (broad SMARTS) is 1. The van der Waals surface area contributed by atoms with E-state index >= 15 is 0 Å². The molecule has 0 unspecified atom stereocenters. The Balaban J connectivity index is 2.03. The Labute approximate surface area is 121 Å². The Morgan fingerprint density at radius 2 is 1.80 bits per heavy atom. The standard InChI is InChI=1S/C15H13ClO4/c1-19-11-3-5-12(6-4-11)20-9-10-2-7-13(15(17)18)14(16)8-10/h2-8H,9H2,1H3,(H,17,18). The molecule has 0 aliphatic heterocycles. The summed E-state index contributed by atoms with van der Waals surface area (Å²) in [7, 11) is 1.60. The van der Waals surface area contributed by atoms with E-state index < -0.39 is 5.97 Å². The van der Waals surface area contributed by atoms with Gasteiger partial charge in [0.1, 0.15) is 18.1 Å². The van der Waals surface area contributed by atoms with Crippen LogP contribution in [-0.4, -0.2) is 18.2 Å². The van der Waals surface area contributed by atoms with Crippen LogP contribution in [0.25, 0.3) is 0 Å². The molecule has 104 valence electrons. The van der Waals surface area contributed by atoms with Crippen LogP contribution >= 0.6 is 11.6 Å². The molecule has 20 heavy (non-hydrogen) atoms. The minimum atomic E-state index is -1.04. The summed E-state index contributed by atoms with van der Waals surface area (Å²) in [5.74, 6) is 0.410. The van der Waals surface area contributed by atoms with Gasteiger partial charge in [0.15, 0.2) is 0 Å². The third kappa shape index (κ3) is 3.42. The third-order valence-electron chi connectivity index (χ3n) is 2.73. The molecule has 4 nitrogen and oxygen atoms in total. The number of ether oxygens (including phenoxy) is 2. The Morgan fingerprint density at radius 3 is 2.35 bits per heavy atom. The van der Waals surface area contributed by atoms with Crippen molar-refractivity contribution in [3.63, 3.8) is 0 Å². The van der Waals surface area contributed by atoms with Gasteiger partial charge in [-0.05, 0) is 42.0 Å². The fourth-order valence-corrected chi connectivity index (χ4v) is 1.94. The van der Waals surface area contributed by atoms with Gasteiger partial charge in [-0.25, -0.2) is 4.79 Å². The highest BCUT2D eigenvalue weighted by molar-refractivity contribution is 6.33. The smallest absolute Gasteiger partial charge is 0.337 e. The molecular formula is C15H13ClO4. The second-order valence-corrected chi connectivity index (χ2v) is 4.49. The largest absolute Gasteiger partial charge is 0.497 e. The zero-order valence-electron chi connectivity index (χ0n) is 10.8. The molecule has 2 aromatic carbocycles. The lowest BCUT2D eigenvalue weighted by atomic mass is 10.1. The van der Waals surface area contributed by atoms with Crippen LogP contribution in [0, 0.1) is 0 Å². The van der Waals surface area contributed by atoms with Crippen LogP contribution in [0.1, 0.15) is 15.9 Å². The third-order valence-corrected chi connectivity index (χ3v) is 3.04. The number of halogens is 1. The zero-order valence-corrected chi connectivity index (χ0v) is 11.6. The maximum absolute atomic E-state index is 10.8. The summed E-state index contributed by atoms with van der Waals surface area (Å²) in [6.45, 7) is 0.311. The first kappa shape index (κ1) is 14.2. The molecule has 2 rings (SSSR count). The number of hydrogen-bond donors (Lipinski definition) is 1. The van der Waals surface area contributed by atoms with E-state index in [-0.39, 0.29) is 10.6 Å². The lowest BCUT2D eigenvalue weighted by Crippen LogP contribution is -2.00. The fourth-order valence-electron chi connectivity index (χ4n) is 1.66. The molecule has 0 amide bonds.